The minimum atomic E-state index is -3.21. The number of benzene rings is 1. The van der Waals surface area contributed by atoms with Crippen molar-refractivity contribution in [1.82, 2.24) is 9.80 Å². The second-order valence-corrected chi connectivity index (χ2v) is 10.7. The van der Waals surface area contributed by atoms with Gasteiger partial charge in [-0.2, -0.15) is 0 Å². The van der Waals surface area contributed by atoms with Crippen LogP contribution in [0.3, 0.4) is 0 Å². The highest BCUT2D eigenvalue weighted by molar-refractivity contribution is 7.91. The van der Waals surface area contributed by atoms with Crippen LogP contribution in [0.5, 0.6) is 0 Å². The lowest BCUT2D eigenvalue weighted by molar-refractivity contribution is -0.143. The van der Waals surface area contributed by atoms with Gasteiger partial charge in [0.05, 0.1) is 17.2 Å². The third kappa shape index (κ3) is 4.08. The van der Waals surface area contributed by atoms with Gasteiger partial charge < -0.3 is 4.90 Å². The number of hydrogen-bond acceptors (Lipinski definition) is 6. The first-order chi connectivity index (χ1) is 14.7. The van der Waals surface area contributed by atoms with Crippen LogP contribution >= 0.6 is 0 Å². The van der Waals surface area contributed by atoms with Crippen LogP contribution in [0, 0.1) is 6.92 Å². The molecular weight excluding hydrogens is 422 g/mol. The third-order valence-electron chi connectivity index (χ3n) is 6.25. The standard InChI is InChI=1S/C21H25N3O6S/c1-14-6-8-16(9-7-14)24-20(27)19(26)22(21(24)28)12-18(25)23(15-4-2-3-5-15)17-10-11-31(29,30)13-17/h6-9,15,17H,2-5,10-13H2,1H3/t17-/m1/s1. The van der Waals surface area contributed by atoms with E-state index in [4.69, 9.17) is 0 Å². The fourth-order valence-electron chi connectivity index (χ4n) is 4.67. The SMILES string of the molecule is Cc1ccc(N2C(=O)C(=O)N(CC(=O)N(C3CCCC3)[C@@H]3CCS(=O)(=O)C3)C2=O)cc1. The number of anilines is 1. The Bertz CT molecular complexity index is 1030. The second-order valence-electron chi connectivity index (χ2n) is 8.45. The Labute approximate surface area is 180 Å². The number of urea groups is 1. The number of carbonyl (C=O) groups excluding carboxylic acids is 4. The number of amides is 5. The molecule has 1 saturated carbocycles. The minimum Gasteiger partial charge on any atom is -0.334 e. The van der Waals surface area contributed by atoms with Crippen molar-refractivity contribution in [2.45, 2.75) is 51.1 Å². The zero-order valence-electron chi connectivity index (χ0n) is 17.3. The van der Waals surface area contributed by atoms with E-state index in [0.717, 1.165) is 36.1 Å². The van der Waals surface area contributed by atoms with E-state index in [0.29, 0.717) is 11.3 Å². The topological polar surface area (TPSA) is 112 Å². The Kier molecular flexibility index (Phi) is 5.59. The van der Waals surface area contributed by atoms with E-state index in [1.165, 1.54) is 0 Å². The van der Waals surface area contributed by atoms with Crippen molar-refractivity contribution < 1.29 is 27.6 Å². The van der Waals surface area contributed by atoms with E-state index < -0.39 is 46.2 Å². The molecule has 9 nitrogen and oxygen atoms in total. The third-order valence-corrected chi connectivity index (χ3v) is 8.00. The van der Waals surface area contributed by atoms with Gasteiger partial charge in [-0.15, -0.1) is 0 Å². The van der Waals surface area contributed by atoms with E-state index >= 15 is 0 Å². The quantitative estimate of drug-likeness (QED) is 0.496. The van der Waals surface area contributed by atoms with Crippen LogP contribution in [-0.4, -0.2) is 72.1 Å². The predicted octanol–water partition coefficient (Wildman–Crippen LogP) is 1.25. The molecule has 4 rings (SSSR count). The number of imide groups is 2. The van der Waals surface area contributed by atoms with Gasteiger partial charge in [-0.3, -0.25) is 14.4 Å². The molecule has 1 atom stereocenters. The van der Waals surface area contributed by atoms with Gasteiger partial charge in [-0.05, 0) is 38.3 Å². The van der Waals surface area contributed by atoms with Crippen LogP contribution in [-0.2, 0) is 24.2 Å². The van der Waals surface area contributed by atoms with Crippen LogP contribution in [0.25, 0.3) is 0 Å². The fraction of sp³-hybridized carbons (Fsp3) is 0.524. The lowest BCUT2D eigenvalue weighted by atomic mass is 10.1. The van der Waals surface area contributed by atoms with Crippen molar-refractivity contribution >= 4 is 39.3 Å². The monoisotopic (exact) mass is 447 g/mol. The van der Waals surface area contributed by atoms with Crippen molar-refractivity contribution in [2.75, 3.05) is 23.0 Å². The van der Waals surface area contributed by atoms with E-state index in [-0.39, 0.29) is 23.2 Å². The highest BCUT2D eigenvalue weighted by Crippen LogP contribution is 2.30. The minimum absolute atomic E-state index is 0.0232. The zero-order chi connectivity index (χ0) is 22.3. The van der Waals surface area contributed by atoms with Gasteiger partial charge in [0.25, 0.3) is 0 Å². The van der Waals surface area contributed by atoms with Crippen molar-refractivity contribution in [3.63, 3.8) is 0 Å². The maximum Gasteiger partial charge on any atom is 0.339 e. The van der Waals surface area contributed by atoms with Gasteiger partial charge in [0, 0.05) is 12.1 Å². The molecule has 10 heteroatoms. The molecule has 2 saturated heterocycles. The summed E-state index contributed by atoms with van der Waals surface area (Å²) in [6.45, 7) is 1.28. The average molecular weight is 448 g/mol. The molecule has 166 valence electrons. The highest BCUT2D eigenvalue weighted by atomic mass is 32.2. The smallest absolute Gasteiger partial charge is 0.334 e. The maximum atomic E-state index is 13.2. The molecule has 0 unspecified atom stereocenters. The van der Waals surface area contributed by atoms with Gasteiger partial charge in [0.2, 0.25) is 5.91 Å². The fourth-order valence-corrected chi connectivity index (χ4v) is 6.38. The Morgan fingerprint density at radius 3 is 2.23 bits per heavy atom. The normalized spacial score (nSPS) is 23.8. The van der Waals surface area contributed by atoms with Crippen molar-refractivity contribution in [1.29, 1.82) is 0 Å². The summed E-state index contributed by atoms with van der Waals surface area (Å²) >= 11 is 0. The molecule has 1 aromatic carbocycles. The van der Waals surface area contributed by atoms with E-state index in [1.807, 2.05) is 6.92 Å². The van der Waals surface area contributed by atoms with E-state index in [2.05, 4.69) is 0 Å². The predicted molar refractivity (Wildman–Crippen MR) is 112 cm³/mol. The van der Waals surface area contributed by atoms with Crippen LogP contribution in [0.1, 0.15) is 37.7 Å². The Balaban J connectivity index is 1.55. The Morgan fingerprint density at radius 1 is 1.00 bits per heavy atom. The van der Waals surface area contributed by atoms with Crippen LogP contribution in [0.4, 0.5) is 10.5 Å². The molecule has 3 aliphatic rings. The van der Waals surface area contributed by atoms with Crippen LogP contribution in [0.2, 0.25) is 0 Å². The number of carbonyl (C=O) groups is 4. The van der Waals surface area contributed by atoms with Gasteiger partial charge in [0.1, 0.15) is 6.54 Å². The van der Waals surface area contributed by atoms with Crippen molar-refractivity contribution in [2.24, 2.45) is 0 Å². The summed E-state index contributed by atoms with van der Waals surface area (Å²) in [7, 11) is -3.21. The molecular formula is C21H25N3O6S. The summed E-state index contributed by atoms with van der Waals surface area (Å²) in [4.78, 5) is 54.1. The second kappa shape index (κ2) is 8.07. The van der Waals surface area contributed by atoms with Crippen LogP contribution in [0.15, 0.2) is 24.3 Å². The van der Waals surface area contributed by atoms with E-state index in [9.17, 15) is 27.6 Å². The lowest BCUT2D eigenvalue weighted by Gasteiger charge is -2.34. The molecule has 2 heterocycles. The summed E-state index contributed by atoms with van der Waals surface area (Å²) in [5.41, 5.74) is 1.19. The highest BCUT2D eigenvalue weighted by Gasteiger charge is 2.48. The van der Waals surface area contributed by atoms with Gasteiger partial charge in [-0.1, -0.05) is 30.5 Å². The summed E-state index contributed by atoms with van der Waals surface area (Å²) in [5, 5.41) is 0. The summed E-state index contributed by atoms with van der Waals surface area (Å²) < 4.78 is 24.0. The molecule has 1 aromatic rings. The summed E-state index contributed by atoms with van der Waals surface area (Å²) in [6, 6.07) is 5.14. The Morgan fingerprint density at radius 2 is 1.65 bits per heavy atom. The molecule has 0 radical (unpaired) electrons. The summed E-state index contributed by atoms with van der Waals surface area (Å²) in [6.07, 6.45) is 3.75. The van der Waals surface area contributed by atoms with Crippen LogP contribution < -0.4 is 4.90 Å². The molecule has 5 amide bonds. The van der Waals surface area contributed by atoms with Gasteiger partial charge in [0.15, 0.2) is 9.84 Å². The number of nitrogens with zero attached hydrogens (tertiary/aromatic N) is 3. The number of hydrogen-bond donors (Lipinski definition) is 0. The molecule has 2 aliphatic heterocycles. The first-order valence-electron chi connectivity index (χ1n) is 10.5. The first-order valence-corrected chi connectivity index (χ1v) is 12.3. The number of sulfone groups is 1. The molecule has 1 aliphatic carbocycles. The number of rotatable bonds is 5. The first kappa shape index (κ1) is 21.5. The Hall–Kier alpha value is -2.75. The largest absolute Gasteiger partial charge is 0.339 e. The lowest BCUT2D eigenvalue weighted by Crippen LogP contribution is -2.51. The van der Waals surface area contributed by atoms with Crippen molar-refractivity contribution in [3.8, 4) is 0 Å². The maximum absolute atomic E-state index is 13.2. The molecule has 0 aromatic heterocycles. The molecule has 31 heavy (non-hydrogen) atoms. The average Bonchev–Trinajstić information content (AvgIpc) is 3.41. The van der Waals surface area contributed by atoms with E-state index in [1.54, 1.807) is 29.2 Å². The number of aryl methyl sites for hydroxylation is 1. The summed E-state index contributed by atoms with van der Waals surface area (Å²) in [5.74, 6) is -2.63. The van der Waals surface area contributed by atoms with Crippen molar-refractivity contribution in [3.05, 3.63) is 29.8 Å². The van der Waals surface area contributed by atoms with Gasteiger partial charge in [-0.25, -0.2) is 23.0 Å². The zero-order valence-corrected chi connectivity index (χ0v) is 18.1. The molecule has 0 N–H and O–H groups in total. The molecule has 0 bridgehead atoms. The molecule has 3 fully saturated rings. The molecule has 0 spiro atoms. The van der Waals surface area contributed by atoms with Gasteiger partial charge >= 0.3 is 17.8 Å².